The zero-order chi connectivity index (χ0) is 59.5. The van der Waals surface area contributed by atoms with Crippen LogP contribution in [0.15, 0.2) is 340 Å². The van der Waals surface area contributed by atoms with Crippen molar-refractivity contribution in [1.82, 2.24) is 0 Å². The summed E-state index contributed by atoms with van der Waals surface area (Å²) in [5, 5.41) is 10.1. The monoisotopic (exact) mass is 1180 g/mol. The van der Waals surface area contributed by atoms with E-state index in [4.69, 9.17) is 0 Å². The number of benzene rings is 15. The molecule has 0 aliphatic carbocycles. The number of anilines is 6. The molecule has 0 spiro atoms. The van der Waals surface area contributed by atoms with Gasteiger partial charge in [0.1, 0.15) is 0 Å². The summed E-state index contributed by atoms with van der Waals surface area (Å²) in [6, 6.07) is 125. The average molecular weight is 1180 g/mol. The summed E-state index contributed by atoms with van der Waals surface area (Å²) in [7, 11) is 0. The molecule has 15 aromatic carbocycles. The van der Waals surface area contributed by atoms with E-state index in [1.165, 1.54) is 129 Å². The van der Waals surface area contributed by atoms with E-state index in [2.05, 4.69) is 350 Å². The second-order valence-electron chi connectivity index (χ2n) is 23.1. The Morgan fingerprint density at radius 1 is 0.189 bits per heavy atom. The number of fused-ring (bicyclic) bond motifs is 8. The summed E-state index contributed by atoms with van der Waals surface area (Å²) in [6.07, 6.45) is 0. The number of nitrogens with zero attached hydrogens (tertiary/aromatic N) is 2. The summed E-state index contributed by atoms with van der Waals surface area (Å²) < 4.78 is 5.19. The van der Waals surface area contributed by atoms with Crippen molar-refractivity contribution in [1.29, 1.82) is 0 Å². The third-order valence-electron chi connectivity index (χ3n) is 17.9. The van der Waals surface area contributed by atoms with Gasteiger partial charge in [0.2, 0.25) is 0 Å². The van der Waals surface area contributed by atoms with Gasteiger partial charge in [-0.15, -0.1) is 22.7 Å². The molecule has 2 nitrogen and oxygen atoms in total. The van der Waals surface area contributed by atoms with Crippen LogP contribution >= 0.6 is 22.7 Å². The van der Waals surface area contributed by atoms with E-state index in [1.807, 2.05) is 22.7 Å². The lowest BCUT2D eigenvalue weighted by Crippen LogP contribution is -2.11. The minimum Gasteiger partial charge on any atom is -0.310 e. The highest BCUT2D eigenvalue weighted by atomic mass is 32.1. The molecular weight excluding hydrogens is 1130 g/mol. The Hall–Kier alpha value is -11.1. The first-order valence-electron chi connectivity index (χ1n) is 30.7. The van der Waals surface area contributed by atoms with Crippen LogP contribution in [0.2, 0.25) is 0 Å². The Balaban J connectivity index is 0.670. The molecule has 0 fully saturated rings. The minimum absolute atomic E-state index is 1.10. The van der Waals surface area contributed by atoms with Crippen LogP contribution in [0.3, 0.4) is 0 Å². The maximum Gasteiger partial charge on any atom is 0.0540 e. The molecule has 0 N–H and O–H groups in total. The summed E-state index contributed by atoms with van der Waals surface area (Å²) in [6.45, 7) is 0. The first-order chi connectivity index (χ1) is 44.6. The highest BCUT2D eigenvalue weighted by Crippen LogP contribution is 2.50. The lowest BCUT2D eigenvalue weighted by Gasteiger charge is -2.28. The van der Waals surface area contributed by atoms with Crippen molar-refractivity contribution in [2.45, 2.75) is 0 Å². The van der Waals surface area contributed by atoms with Crippen molar-refractivity contribution in [3.05, 3.63) is 340 Å². The molecule has 17 aromatic rings. The molecule has 0 amide bonds. The normalized spacial score (nSPS) is 11.6. The van der Waals surface area contributed by atoms with Crippen LogP contribution in [0, 0.1) is 0 Å². The average Bonchev–Trinajstić information content (AvgIpc) is 2.11. The predicted molar refractivity (Wildman–Crippen MR) is 389 cm³/mol. The Morgan fingerprint density at radius 2 is 0.533 bits per heavy atom. The molecule has 17 rings (SSSR count). The highest BCUT2D eigenvalue weighted by molar-refractivity contribution is 7.27. The van der Waals surface area contributed by atoms with Crippen molar-refractivity contribution in [2.24, 2.45) is 0 Å². The molecule has 0 saturated carbocycles. The second kappa shape index (κ2) is 22.5. The lowest BCUT2D eigenvalue weighted by molar-refractivity contribution is 1.28. The van der Waals surface area contributed by atoms with E-state index in [-0.39, 0.29) is 0 Å². The quantitative estimate of drug-likeness (QED) is 0.120. The van der Waals surface area contributed by atoms with E-state index in [9.17, 15) is 0 Å². The van der Waals surface area contributed by atoms with E-state index >= 15 is 0 Å². The maximum atomic E-state index is 2.41. The van der Waals surface area contributed by atoms with Gasteiger partial charge in [0.25, 0.3) is 0 Å². The Bertz CT molecular complexity index is 5530. The first kappa shape index (κ1) is 53.1. The Kier molecular flexibility index (Phi) is 13.3. The van der Waals surface area contributed by atoms with Crippen LogP contribution in [-0.2, 0) is 0 Å². The number of hydrogen-bond acceptors (Lipinski definition) is 4. The van der Waals surface area contributed by atoms with Gasteiger partial charge in [-0.05, 0) is 151 Å². The zero-order valence-electron chi connectivity index (χ0n) is 49.0. The van der Waals surface area contributed by atoms with E-state index in [0.717, 1.165) is 34.1 Å². The van der Waals surface area contributed by atoms with Gasteiger partial charge in [0, 0.05) is 85.3 Å². The number of hydrogen-bond donors (Lipinski definition) is 0. The summed E-state index contributed by atoms with van der Waals surface area (Å²) in [5.41, 5.74) is 21.1. The third kappa shape index (κ3) is 9.49. The van der Waals surface area contributed by atoms with Gasteiger partial charge in [-0.3, -0.25) is 0 Å². The summed E-state index contributed by atoms with van der Waals surface area (Å²) in [5.74, 6) is 0. The third-order valence-corrected chi connectivity index (χ3v) is 20.4. The summed E-state index contributed by atoms with van der Waals surface area (Å²) >= 11 is 3.78. The van der Waals surface area contributed by atoms with Gasteiger partial charge in [0.15, 0.2) is 0 Å². The fourth-order valence-electron chi connectivity index (χ4n) is 13.4. The van der Waals surface area contributed by atoms with Gasteiger partial charge >= 0.3 is 0 Å². The van der Waals surface area contributed by atoms with Crippen LogP contribution in [0.5, 0.6) is 0 Å². The highest BCUT2D eigenvalue weighted by Gasteiger charge is 2.23. The van der Waals surface area contributed by atoms with Crippen molar-refractivity contribution in [3.8, 4) is 66.8 Å². The topological polar surface area (TPSA) is 6.48 Å². The number of para-hydroxylation sites is 4. The lowest BCUT2D eigenvalue weighted by atomic mass is 9.95. The molecular formula is C86H56N2S2. The summed E-state index contributed by atoms with van der Waals surface area (Å²) in [4.78, 5) is 4.80. The predicted octanol–water partition coefficient (Wildman–Crippen LogP) is 25.7. The van der Waals surface area contributed by atoms with Gasteiger partial charge in [-0.25, -0.2) is 0 Å². The SMILES string of the molecule is c1ccc(N(c2ccc(-c3ccc(-c4ccc5ccc(-c6cccc7c6sc6c(-c8ccccc8N(c8ccccc8)c8ccc(-c9ccc%10ccccc%10c9)cc8)cccc67)cc5c4)cc3)cc2)c2ccccc2-c2cccc3c2sc2ccccc23)cc1. The zero-order valence-corrected chi connectivity index (χ0v) is 50.7. The molecule has 0 atom stereocenters. The van der Waals surface area contributed by atoms with Crippen LogP contribution < -0.4 is 9.80 Å². The van der Waals surface area contributed by atoms with E-state index < -0.39 is 0 Å². The minimum atomic E-state index is 1.10. The van der Waals surface area contributed by atoms with Gasteiger partial charge in [-0.2, -0.15) is 0 Å². The largest absolute Gasteiger partial charge is 0.310 e. The number of thiophene rings is 2. The smallest absolute Gasteiger partial charge is 0.0540 e. The second-order valence-corrected chi connectivity index (χ2v) is 25.2. The van der Waals surface area contributed by atoms with Crippen LogP contribution in [-0.4, -0.2) is 0 Å². The molecule has 0 bridgehead atoms. The van der Waals surface area contributed by atoms with E-state index in [0.29, 0.717) is 0 Å². The van der Waals surface area contributed by atoms with Gasteiger partial charge in [0.05, 0.1) is 11.4 Å². The van der Waals surface area contributed by atoms with E-state index in [1.54, 1.807) is 0 Å². The van der Waals surface area contributed by atoms with Crippen molar-refractivity contribution in [3.63, 3.8) is 0 Å². The molecule has 2 aromatic heterocycles. The Labute approximate surface area is 531 Å². The molecule has 2 heterocycles. The fourth-order valence-corrected chi connectivity index (χ4v) is 16.0. The maximum absolute atomic E-state index is 2.41. The van der Waals surface area contributed by atoms with Crippen LogP contribution in [0.4, 0.5) is 34.1 Å². The molecule has 0 saturated heterocycles. The van der Waals surface area contributed by atoms with Crippen molar-refractivity contribution in [2.75, 3.05) is 9.80 Å². The van der Waals surface area contributed by atoms with Crippen molar-refractivity contribution < 1.29 is 0 Å². The van der Waals surface area contributed by atoms with Crippen LogP contribution in [0.25, 0.3) is 129 Å². The molecule has 0 aliphatic rings. The molecule has 0 unspecified atom stereocenters. The standard InChI is InChI=1S/C86H56N2S2/c1-3-20-68(21-4-1)87(81-33-12-9-24-73(81)76-28-16-30-78-75-26-11-14-35-83(75)89-85(76)78)70-50-46-59(47-51-70)58-36-38-60(39-37-58)65-44-41-62-42-45-66(56-67(62)55-65)72-27-15-31-79-80-32-17-29-77(86(80)90-84(72)79)74-25-10-13-34-82(74)88(69-22-5-2-6-23-69)71-52-48-61(49-53-71)64-43-40-57-18-7-8-19-63(57)54-64/h1-56H. The molecule has 0 radical (unpaired) electrons. The molecule has 4 heteroatoms. The van der Waals surface area contributed by atoms with Gasteiger partial charge < -0.3 is 9.80 Å². The van der Waals surface area contributed by atoms with Gasteiger partial charge in [-0.1, -0.05) is 255 Å². The molecule has 422 valence electrons. The number of rotatable bonds is 12. The first-order valence-corrected chi connectivity index (χ1v) is 32.3. The molecule has 90 heavy (non-hydrogen) atoms. The van der Waals surface area contributed by atoms with Crippen LogP contribution in [0.1, 0.15) is 0 Å². The van der Waals surface area contributed by atoms with Crippen molar-refractivity contribution >= 4 is 119 Å². The molecule has 0 aliphatic heterocycles. The fraction of sp³-hybridized carbons (Fsp3) is 0. The Morgan fingerprint density at radius 3 is 1.10 bits per heavy atom.